The van der Waals surface area contributed by atoms with Crippen LogP contribution in [0, 0.1) is 6.92 Å². The maximum atomic E-state index is 5.96. The van der Waals surface area contributed by atoms with Gasteiger partial charge in [-0.25, -0.2) is 4.98 Å². The topological polar surface area (TPSA) is 38.9 Å². The predicted octanol–water partition coefficient (Wildman–Crippen LogP) is 6.56. The molecule has 0 saturated heterocycles. The lowest BCUT2D eigenvalue weighted by Crippen LogP contribution is -2.39. The van der Waals surface area contributed by atoms with Gasteiger partial charge in [0.1, 0.15) is 5.58 Å². The molecule has 5 rings (SSSR count). The summed E-state index contributed by atoms with van der Waals surface area (Å²) in [7, 11) is -1.54. The number of aryl methyl sites for hydroxylation is 1. The Bertz CT molecular complexity index is 1380. The van der Waals surface area contributed by atoms with E-state index in [1.165, 1.54) is 16.3 Å². The first-order valence-corrected chi connectivity index (χ1v) is 13.8. The highest BCUT2D eigenvalue weighted by Crippen LogP contribution is 2.32. The molecule has 0 unspecified atom stereocenters. The number of benzene rings is 2. The molecule has 148 valence electrons. The van der Waals surface area contributed by atoms with Crippen LogP contribution in [-0.2, 0) is 0 Å². The Labute approximate surface area is 177 Å². The van der Waals surface area contributed by atoms with E-state index in [9.17, 15) is 0 Å². The van der Waals surface area contributed by atoms with Crippen molar-refractivity contribution in [2.24, 2.45) is 0 Å². The predicted molar refractivity (Wildman–Crippen MR) is 128 cm³/mol. The third kappa shape index (κ3) is 3.23. The van der Waals surface area contributed by atoms with Crippen molar-refractivity contribution < 1.29 is 4.42 Å². The number of rotatable bonds is 3. The van der Waals surface area contributed by atoms with E-state index in [1.54, 1.807) is 0 Å². The van der Waals surface area contributed by atoms with Crippen LogP contribution in [0.2, 0.25) is 19.6 Å². The van der Waals surface area contributed by atoms with E-state index >= 15 is 0 Å². The number of hydrogen-bond acceptors (Lipinski definition) is 3. The van der Waals surface area contributed by atoms with Crippen molar-refractivity contribution in [1.29, 1.82) is 0 Å². The van der Waals surface area contributed by atoms with Gasteiger partial charge in [0, 0.05) is 28.2 Å². The molecule has 5 aromatic rings. The van der Waals surface area contributed by atoms with Crippen LogP contribution in [0.15, 0.2) is 77.3 Å². The highest BCUT2D eigenvalue weighted by atomic mass is 28.3. The first kappa shape index (κ1) is 18.8. The SMILES string of the molecule is Cc1ccc2c(n1)oc1ccc(-c3cc(-c4ccccc4)c([Si](C)(C)C)cn3)cc12. The first-order chi connectivity index (χ1) is 14.4. The molecule has 0 radical (unpaired) electrons. The molecular formula is C26H24N2OSi. The average Bonchev–Trinajstić information content (AvgIpc) is 3.10. The molecule has 4 heteroatoms. The van der Waals surface area contributed by atoms with Gasteiger partial charge in [0.15, 0.2) is 0 Å². The summed E-state index contributed by atoms with van der Waals surface area (Å²) in [5, 5.41) is 3.50. The Balaban J connectivity index is 1.70. The standard InChI is InChI=1S/C26H24N2OSi/c1-17-10-12-20-22-14-19(11-13-24(22)29-26(20)28-17)23-15-21(18-8-6-5-7-9-18)25(16-27-23)30(2,3)4/h5-16H,1-4H3. The van der Waals surface area contributed by atoms with Gasteiger partial charge < -0.3 is 4.42 Å². The van der Waals surface area contributed by atoms with Gasteiger partial charge in [0.05, 0.1) is 13.8 Å². The molecule has 0 saturated carbocycles. The van der Waals surface area contributed by atoms with Crippen LogP contribution in [0.1, 0.15) is 5.69 Å². The minimum atomic E-state index is -1.54. The second-order valence-corrected chi connectivity index (χ2v) is 13.9. The smallest absolute Gasteiger partial charge is 0.227 e. The monoisotopic (exact) mass is 408 g/mol. The molecule has 30 heavy (non-hydrogen) atoms. The van der Waals surface area contributed by atoms with Crippen LogP contribution in [0.25, 0.3) is 44.5 Å². The van der Waals surface area contributed by atoms with Gasteiger partial charge >= 0.3 is 0 Å². The molecule has 3 aromatic heterocycles. The van der Waals surface area contributed by atoms with Crippen LogP contribution in [0.4, 0.5) is 0 Å². The lowest BCUT2D eigenvalue weighted by molar-refractivity contribution is 0.652. The molecular weight excluding hydrogens is 384 g/mol. The average molecular weight is 409 g/mol. The zero-order valence-corrected chi connectivity index (χ0v) is 18.7. The Morgan fingerprint density at radius 3 is 2.37 bits per heavy atom. The van der Waals surface area contributed by atoms with E-state index in [4.69, 9.17) is 9.40 Å². The Kier molecular flexibility index (Phi) is 4.33. The highest BCUT2D eigenvalue weighted by Gasteiger charge is 2.22. The van der Waals surface area contributed by atoms with Crippen LogP contribution >= 0.6 is 0 Å². The summed E-state index contributed by atoms with van der Waals surface area (Å²) in [5.41, 5.74) is 7.10. The van der Waals surface area contributed by atoms with E-state index in [0.717, 1.165) is 33.3 Å². The summed E-state index contributed by atoms with van der Waals surface area (Å²) in [6, 6.07) is 23.3. The van der Waals surface area contributed by atoms with E-state index in [-0.39, 0.29) is 0 Å². The van der Waals surface area contributed by atoms with Gasteiger partial charge in [-0.2, -0.15) is 0 Å². The molecule has 0 spiro atoms. The van der Waals surface area contributed by atoms with Gasteiger partial charge in [-0.3, -0.25) is 4.98 Å². The first-order valence-electron chi connectivity index (χ1n) is 10.3. The maximum Gasteiger partial charge on any atom is 0.227 e. The third-order valence-electron chi connectivity index (χ3n) is 5.57. The van der Waals surface area contributed by atoms with Crippen LogP contribution in [-0.4, -0.2) is 18.0 Å². The number of aromatic nitrogens is 2. The van der Waals surface area contributed by atoms with Crippen molar-refractivity contribution in [3.63, 3.8) is 0 Å². The zero-order chi connectivity index (χ0) is 20.9. The molecule has 0 aliphatic carbocycles. The summed E-state index contributed by atoms with van der Waals surface area (Å²) < 4.78 is 5.96. The number of fused-ring (bicyclic) bond motifs is 3. The van der Waals surface area contributed by atoms with E-state index in [0.29, 0.717) is 5.71 Å². The molecule has 3 nitrogen and oxygen atoms in total. The second-order valence-electron chi connectivity index (χ2n) is 8.85. The van der Waals surface area contributed by atoms with Crippen LogP contribution < -0.4 is 5.19 Å². The van der Waals surface area contributed by atoms with Gasteiger partial charge in [0.2, 0.25) is 5.71 Å². The van der Waals surface area contributed by atoms with Crippen molar-refractivity contribution in [1.82, 2.24) is 9.97 Å². The van der Waals surface area contributed by atoms with Crippen molar-refractivity contribution >= 4 is 35.3 Å². The molecule has 3 heterocycles. The van der Waals surface area contributed by atoms with E-state index < -0.39 is 8.07 Å². The summed E-state index contributed by atoms with van der Waals surface area (Å²) in [5.74, 6) is 0. The number of hydrogen-bond donors (Lipinski definition) is 0. The molecule has 0 bridgehead atoms. The van der Waals surface area contributed by atoms with Crippen LogP contribution in [0.3, 0.4) is 0 Å². The normalized spacial score (nSPS) is 12.0. The molecule has 2 aromatic carbocycles. The van der Waals surface area contributed by atoms with Crippen molar-refractivity contribution in [2.45, 2.75) is 26.6 Å². The second kappa shape index (κ2) is 6.92. The number of pyridine rings is 2. The quantitative estimate of drug-likeness (QED) is 0.317. The number of furan rings is 1. The van der Waals surface area contributed by atoms with E-state index in [1.807, 2.05) is 19.1 Å². The fourth-order valence-electron chi connectivity index (χ4n) is 3.98. The molecule has 0 atom stereocenters. The van der Waals surface area contributed by atoms with Gasteiger partial charge in [-0.15, -0.1) is 0 Å². The minimum absolute atomic E-state index is 0.689. The highest BCUT2D eigenvalue weighted by molar-refractivity contribution is 6.89. The summed E-state index contributed by atoms with van der Waals surface area (Å²) in [4.78, 5) is 9.41. The largest absolute Gasteiger partial charge is 0.438 e. The molecule has 0 fully saturated rings. The van der Waals surface area contributed by atoms with Crippen molar-refractivity contribution in [3.05, 3.63) is 78.6 Å². The summed E-state index contributed by atoms with van der Waals surface area (Å²) >= 11 is 0. The van der Waals surface area contributed by atoms with Gasteiger partial charge in [-0.1, -0.05) is 50.0 Å². The maximum absolute atomic E-state index is 5.96. The molecule has 0 amide bonds. The Morgan fingerprint density at radius 2 is 1.60 bits per heavy atom. The summed E-state index contributed by atoms with van der Waals surface area (Å²) in [6.07, 6.45) is 2.09. The molecule has 0 N–H and O–H groups in total. The fraction of sp³-hybridized carbons (Fsp3) is 0.154. The Morgan fingerprint density at radius 1 is 0.800 bits per heavy atom. The van der Waals surface area contributed by atoms with E-state index in [2.05, 4.69) is 85.4 Å². The van der Waals surface area contributed by atoms with Crippen molar-refractivity contribution in [3.8, 4) is 22.4 Å². The lowest BCUT2D eigenvalue weighted by atomic mass is 10.0. The number of nitrogens with zero attached hydrogens (tertiary/aromatic N) is 2. The molecule has 0 aliphatic heterocycles. The minimum Gasteiger partial charge on any atom is -0.438 e. The van der Waals surface area contributed by atoms with Crippen LogP contribution in [0.5, 0.6) is 0 Å². The zero-order valence-electron chi connectivity index (χ0n) is 17.7. The van der Waals surface area contributed by atoms with Gasteiger partial charge in [-0.05, 0) is 59.6 Å². The van der Waals surface area contributed by atoms with Crippen molar-refractivity contribution in [2.75, 3.05) is 0 Å². The summed E-state index contributed by atoms with van der Waals surface area (Å²) in [6.45, 7) is 9.09. The Hall–Kier alpha value is -3.24. The third-order valence-corrected chi connectivity index (χ3v) is 7.58. The molecule has 0 aliphatic rings. The lowest BCUT2D eigenvalue weighted by Gasteiger charge is -2.21. The van der Waals surface area contributed by atoms with Gasteiger partial charge in [0.25, 0.3) is 0 Å². The fourth-order valence-corrected chi connectivity index (χ4v) is 5.45.